The van der Waals surface area contributed by atoms with Crippen molar-refractivity contribution >= 4 is 11.7 Å². The van der Waals surface area contributed by atoms with Gasteiger partial charge >= 0.3 is 0 Å². The van der Waals surface area contributed by atoms with Crippen LogP contribution in [-0.4, -0.2) is 31.3 Å². The van der Waals surface area contributed by atoms with Crippen LogP contribution in [0.25, 0.3) is 0 Å². The highest BCUT2D eigenvalue weighted by Crippen LogP contribution is 2.13. The highest BCUT2D eigenvalue weighted by molar-refractivity contribution is 5.99. The highest BCUT2D eigenvalue weighted by Gasteiger charge is 2.18. The first kappa shape index (κ1) is 17.3. The number of carbonyl (C=O) groups is 2. The van der Waals surface area contributed by atoms with Crippen molar-refractivity contribution in [3.05, 3.63) is 35.6 Å². The molecule has 0 radical (unpaired) electrons. The Kier molecular flexibility index (Phi) is 7.61. The minimum atomic E-state index is -0.463. The summed E-state index contributed by atoms with van der Waals surface area (Å²) in [4.78, 5) is 23.8. The van der Waals surface area contributed by atoms with Gasteiger partial charge in [0.25, 0.3) is 0 Å². The van der Waals surface area contributed by atoms with Gasteiger partial charge in [-0.05, 0) is 25.1 Å². The molecule has 5 heteroatoms. The fourth-order valence-corrected chi connectivity index (χ4v) is 1.96. The first-order valence-electron chi connectivity index (χ1n) is 7.31. The molecule has 4 nitrogen and oxygen atoms in total. The van der Waals surface area contributed by atoms with Crippen LogP contribution in [0.5, 0.6) is 0 Å². The minimum Gasteiger partial charge on any atom is -0.355 e. The van der Waals surface area contributed by atoms with Crippen LogP contribution in [-0.2, 0) is 4.79 Å². The molecule has 0 spiro atoms. The zero-order valence-corrected chi connectivity index (χ0v) is 12.6. The van der Waals surface area contributed by atoms with Crippen molar-refractivity contribution in [3.63, 3.8) is 0 Å². The average Bonchev–Trinajstić information content (AvgIpc) is 2.46. The van der Waals surface area contributed by atoms with E-state index in [9.17, 15) is 14.0 Å². The predicted octanol–water partition coefficient (Wildman–Crippen LogP) is 2.15. The minimum absolute atomic E-state index is 0.114. The first-order chi connectivity index (χ1) is 10.0. The standard InChI is InChI=1S/C16H23FN2O2/c1-3-7-18-8-9-19-15(20)10-12(2)16(21)13-5-4-6-14(17)11-13/h4-6,11-12,18H,3,7-10H2,1-2H3,(H,19,20). The van der Waals surface area contributed by atoms with E-state index in [0.717, 1.165) is 13.0 Å². The van der Waals surface area contributed by atoms with Gasteiger partial charge in [0.15, 0.2) is 5.78 Å². The molecule has 1 atom stereocenters. The Morgan fingerprint density at radius 1 is 1.24 bits per heavy atom. The van der Waals surface area contributed by atoms with E-state index >= 15 is 0 Å². The van der Waals surface area contributed by atoms with Crippen molar-refractivity contribution in [1.29, 1.82) is 0 Å². The maximum absolute atomic E-state index is 13.1. The Labute approximate surface area is 125 Å². The van der Waals surface area contributed by atoms with E-state index in [1.165, 1.54) is 18.2 Å². The van der Waals surface area contributed by atoms with Crippen molar-refractivity contribution in [2.24, 2.45) is 5.92 Å². The number of hydrogen-bond donors (Lipinski definition) is 2. The molecule has 0 heterocycles. The number of halogens is 1. The Bertz CT molecular complexity index is 477. The maximum atomic E-state index is 13.1. The lowest BCUT2D eigenvalue weighted by Crippen LogP contribution is -2.33. The smallest absolute Gasteiger partial charge is 0.220 e. The number of ketones is 1. The van der Waals surface area contributed by atoms with Gasteiger partial charge in [0.1, 0.15) is 5.82 Å². The molecule has 0 fully saturated rings. The second kappa shape index (κ2) is 9.23. The van der Waals surface area contributed by atoms with Crippen molar-refractivity contribution in [3.8, 4) is 0 Å². The molecular weight excluding hydrogens is 271 g/mol. The Hall–Kier alpha value is -1.75. The molecule has 0 bridgehead atoms. The molecule has 1 aromatic carbocycles. The van der Waals surface area contributed by atoms with E-state index in [1.54, 1.807) is 13.0 Å². The van der Waals surface area contributed by atoms with Gasteiger partial charge in [0.2, 0.25) is 5.91 Å². The normalized spacial score (nSPS) is 12.0. The van der Waals surface area contributed by atoms with Gasteiger partial charge in [0.05, 0.1) is 0 Å². The molecule has 21 heavy (non-hydrogen) atoms. The van der Waals surface area contributed by atoms with Crippen molar-refractivity contribution in [1.82, 2.24) is 10.6 Å². The molecule has 0 aromatic heterocycles. The molecule has 0 aliphatic carbocycles. The summed E-state index contributed by atoms with van der Waals surface area (Å²) in [5.41, 5.74) is 0.305. The van der Waals surface area contributed by atoms with Crippen LogP contribution in [0.2, 0.25) is 0 Å². The lowest BCUT2D eigenvalue weighted by atomic mass is 9.96. The second-order valence-corrected chi connectivity index (χ2v) is 5.08. The molecule has 1 rings (SSSR count). The van der Waals surface area contributed by atoms with Crippen LogP contribution in [0, 0.1) is 11.7 Å². The average molecular weight is 294 g/mol. The zero-order valence-electron chi connectivity index (χ0n) is 12.6. The number of benzene rings is 1. The van der Waals surface area contributed by atoms with E-state index < -0.39 is 11.7 Å². The van der Waals surface area contributed by atoms with Gasteiger partial charge in [-0.2, -0.15) is 0 Å². The summed E-state index contributed by atoms with van der Waals surface area (Å²) >= 11 is 0. The molecule has 0 saturated heterocycles. The van der Waals surface area contributed by atoms with Gasteiger partial charge in [-0.3, -0.25) is 9.59 Å². The van der Waals surface area contributed by atoms with Crippen LogP contribution in [0.15, 0.2) is 24.3 Å². The molecule has 1 amide bonds. The number of Topliss-reactive ketones (excluding diaryl/α,β-unsaturated/α-hetero) is 1. The number of hydrogen-bond acceptors (Lipinski definition) is 3. The topological polar surface area (TPSA) is 58.2 Å². The first-order valence-corrected chi connectivity index (χ1v) is 7.31. The summed E-state index contributed by atoms with van der Waals surface area (Å²) < 4.78 is 13.1. The Balaban J connectivity index is 2.36. The lowest BCUT2D eigenvalue weighted by Gasteiger charge is -2.11. The SMILES string of the molecule is CCCNCCNC(=O)CC(C)C(=O)c1cccc(F)c1. The monoisotopic (exact) mass is 294 g/mol. The summed E-state index contributed by atoms with van der Waals surface area (Å²) in [6, 6.07) is 5.55. The summed E-state index contributed by atoms with van der Waals surface area (Å²) in [6.45, 7) is 5.93. The summed E-state index contributed by atoms with van der Waals surface area (Å²) in [7, 11) is 0. The van der Waals surface area contributed by atoms with Gasteiger partial charge in [-0.25, -0.2) is 4.39 Å². The molecule has 1 aromatic rings. The number of rotatable bonds is 9. The fraction of sp³-hybridized carbons (Fsp3) is 0.500. The summed E-state index contributed by atoms with van der Waals surface area (Å²) in [6.07, 6.45) is 1.16. The van der Waals surface area contributed by atoms with Crippen LogP contribution in [0.1, 0.15) is 37.0 Å². The molecular formula is C16H23FN2O2. The third-order valence-electron chi connectivity index (χ3n) is 3.10. The van der Waals surface area contributed by atoms with Crippen LogP contribution >= 0.6 is 0 Å². The number of nitrogens with one attached hydrogen (secondary N) is 2. The third kappa shape index (κ3) is 6.49. The predicted molar refractivity (Wildman–Crippen MR) is 80.7 cm³/mol. The largest absolute Gasteiger partial charge is 0.355 e. The van der Waals surface area contributed by atoms with E-state index in [1.807, 2.05) is 0 Å². The van der Waals surface area contributed by atoms with Crippen LogP contribution < -0.4 is 10.6 Å². The number of amides is 1. The van der Waals surface area contributed by atoms with E-state index in [0.29, 0.717) is 18.7 Å². The lowest BCUT2D eigenvalue weighted by molar-refractivity contribution is -0.121. The van der Waals surface area contributed by atoms with E-state index in [2.05, 4.69) is 17.6 Å². The highest BCUT2D eigenvalue weighted by atomic mass is 19.1. The second-order valence-electron chi connectivity index (χ2n) is 5.08. The molecule has 0 aliphatic heterocycles. The van der Waals surface area contributed by atoms with E-state index in [-0.39, 0.29) is 18.1 Å². The fourth-order valence-electron chi connectivity index (χ4n) is 1.96. The van der Waals surface area contributed by atoms with Crippen LogP contribution in [0.3, 0.4) is 0 Å². The Morgan fingerprint density at radius 3 is 2.67 bits per heavy atom. The van der Waals surface area contributed by atoms with Crippen LogP contribution in [0.4, 0.5) is 4.39 Å². The summed E-state index contributed by atoms with van der Waals surface area (Å²) in [5, 5.41) is 5.94. The molecule has 0 saturated carbocycles. The number of carbonyl (C=O) groups excluding carboxylic acids is 2. The zero-order chi connectivity index (χ0) is 15.7. The van der Waals surface area contributed by atoms with Crippen molar-refractivity contribution < 1.29 is 14.0 Å². The molecule has 2 N–H and O–H groups in total. The van der Waals surface area contributed by atoms with Gasteiger partial charge < -0.3 is 10.6 Å². The molecule has 116 valence electrons. The third-order valence-corrected chi connectivity index (χ3v) is 3.10. The van der Waals surface area contributed by atoms with Gasteiger partial charge in [-0.1, -0.05) is 26.0 Å². The van der Waals surface area contributed by atoms with Crippen molar-refractivity contribution in [2.45, 2.75) is 26.7 Å². The van der Waals surface area contributed by atoms with E-state index in [4.69, 9.17) is 0 Å². The molecule has 1 unspecified atom stereocenters. The summed E-state index contributed by atoms with van der Waals surface area (Å²) in [5.74, 6) is -1.28. The molecule has 0 aliphatic rings. The van der Waals surface area contributed by atoms with Gasteiger partial charge in [-0.15, -0.1) is 0 Å². The maximum Gasteiger partial charge on any atom is 0.220 e. The quantitative estimate of drug-likeness (QED) is 0.542. The van der Waals surface area contributed by atoms with Gasteiger partial charge in [0, 0.05) is 31.0 Å². The van der Waals surface area contributed by atoms with Crippen molar-refractivity contribution in [2.75, 3.05) is 19.6 Å². The Morgan fingerprint density at radius 2 is 2.00 bits per heavy atom.